The van der Waals surface area contributed by atoms with Gasteiger partial charge in [-0.15, -0.1) is 0 Å². The molecule has 3 rings (SSSR count). The van der Waals surface area contributed by atoms with E-state index in [-0.39, 0.29) is 5.82 Å². The number of anilines is 1. The van der Waals surface area contributed by atoms with Gasteiger partial charge >= 0.3 is 0 Å². The number of pyridine rings is 1. The number of benzene rings is 2. The Bertz CT molecular complexity index is 768. The van der Waals surface area contributed by atoms with Crippen molar-refractivity contribution in [3.05, 3.63) is 71.2 Å². The van der Waals surface area contributed by atoms with E-state index >= 15 is 0 Å². The maximum absolute atomic E-state index is 13.6. The molecule has 0 spiro atoms. The molecule has 0 unspecified atom stereocenters. The Morgan fingerprint density at radius 1 is 1.05 bits per heavy atom. The Morgan fingerprint density at radius 2 is 1.76 bits per heavy atom. The summed E-state index contributed by atoms with van der Waals surface area (Å²) in [6.45, 7) is 4.22. The zero-order valence-corrected chi connectivity index (χ0v) is 12.2. The summed E-state index contributed by atoms with van der Waals surface area (Å²) in [5, 5.41) is 5.59. The zero-order chi connectivity index (χ0) is 14.8. The lowest BCUT2D eigenvalue weighted by Crippen LogP contribution is -2.03. The first-order chi connectivity index (χ1) is 10.1. The minimum absolute atomic E-state index is 0.123. The van der Waals surface area contributed by atoms with E-state index in [9.17, 15) is 4.39 Å². The van der Waals surface area contributed by atoms with Crippen LogP contribution in [0.5, 0.6) is 0 Å². The number of halogens is 1. The predicted octanol–water partition coefficient (Wildman–Crippen LogP) is 4.60. The van der Waals surface area contributed by atoms with E-state index in [1.165, 1.54) is 0 Å². The standard InChI is InChI=1S/C18H17FN2/c1-12-9-14(10-13(2)17(12)19)11-21-18-16-6-4-3-5-15(16)7-8-20-18/h3-10H,11H2,1-2H3,(H,20,21). The van der Waals surface area contributed by atoms with Gasteiger partial charge < -0.3 is 5.32 Å². The van der Waals surface area contributed by atoms with E-state index in [4.69, 9.17) is 0 Å². The van der Waals surface area contributed by atoms with Gasteiger partial charge in [0.2, 0.25) is 0 Å². The molecule has 106 valence electrons. The molecule has 0 fully saturated rings. The van der Waals surface area contributed by atoms with Crippen molar-refractivity contribution in [1.82, 2.24) is 4.98 Å². The molecule has 1 heterocycles. The van der Waals surface area contributed by atoms with Crippen molar-refractivity contribution in [1.29, 1.82) is 0 Å². The van der Waals surface area contributed by atoms with E-state index in [0.717, 1.165) is 22.2 Å². The average molecular weight is 280 g/mol. The highest BCUT2D eigenvalue weighted by atomic mass is 19.1. The zero-order valence-electron chi connectivity index (χ0n) is 12.2. The molecule has 0 aliphatic carbocycles. The molecule has 3 aromatic rings. The van der Waals surface area contributed by atoms with Gasteiger partial charge in [0, 0.05) is 18.1 Å². The molecule has 21 heavy (non-hydrogen) atoms. The number of fused-ring (bicyclic) bond motifs is 1. The fourth-order valence-corrected chi connectivity index (χ4v) is 2.58. The van der Waals surface area contributed by atoms with Crippen LogP contribution >= 0.6 is 0 Å². The molecule has 0 bridgehead atoms. The molecule has 1 aromatic heterocycles. The minimum atomic E-state index is -0.123. The Labute approximate surface area is 123 Å². The second-order valence-electron chi connectivity index (χ2n) is 5.28. The van der Waals surface area contributed by atoms with Gasteiger partial charge in [-0.25, -0.2) is 9.37 Å². The van der Waals surface area contributed by atoms with Crippen LogP contribution in [0, 0.1) is 19.7 Å². The van der Waals surface area contributed by atoms with Crippen molar-refractivity contribution in [2.75, 3.05) is 5.32 Å². The number of hydrogen-bond acceptors (Lipinski definition) is 2. The van der Waals surface area contributed by atoms with E-state index in [1.54, 1.807) is 20.0 Å². The fourth-order valence-electron chi connectivity index (χ4n) is 2.58. The van der Waals surface area contributed by atoms with Crippen LogP contribution < -0.4 is 5.32 Å². The summed E-state index contributed by atoms with van der Waals surface area (Å²) in [4.78, 5) is 4.40. The summed E-state index contributed by atoms with van der Waals surface area (Å²) in [7, 11) is 0. The van der Waals surface area contributed by atoms with Crippen LogP contribution in [0.1, 0.15) is 16.7 Å². The fraction of sp³-hybridized carbons (Fsp3) is 0.167. The van der Waals surface area contributed by atoms with Crippen molar-refractivity contribution in [3.63, 3.8) is 0 Å². The summed E-state index contributed by atoms with van der Waals surface area (Å²) in [6.07, 6.45) is 1.80. The maximum atomic E-state index is 13.6. The van der Waals surface area contributed by atoms with Gasteiger partial charge in [0.25, 0.3) is 0 Å². The molecule has 0 atom stereocenters. The van der Waals surface area contributed by atoms with Crippen LogP contribution in [0.3, 0.4) is 0 Å². The van der Waals surface area contributed by atoms with Crippen LogP contribution in [0.25, 0.3) is 10.8 Å². The molecule has 0 saturated carbocycles. The first kappa shape index (κ1) is 13.6. The van der Waals surface area contributed by atoms with E-state index < -0.39 is 0 Å². The number of hydrogen-bond donors (Lipinski definition) is 1. The molecular weight excluding hydrogens is 263 g/mol. The summed E-state index contributed by atoms with van der Waals surface area (Å²) in [5.41, 5.74) is 2.41. The molecule has 3 heteroatoms. The molecule has 0 amide bonds. The number of nitrogens with one attached hydrogen (secondary N) is 1. The highest BCUT2D eigenvalue weighted by Gasteiger charge is 2.05. The van der Waals surface area contributed by atoms with Crippen LogP contribution in [0.15, 0.2) is 48.7 Å². The lowest BCUT2D eigenvalue weighted by molar-refractivity contribution is 0.608. The normalized spacial score (nSPS) is 10.8. The van der Waals surface area contributed by atoms with E-state index in [1.807, 2.05) is 36.4 Å². The van der Waals surface area contributed by atoms with Crippen molar-refractivity contribution in [2.45, 2.75) is 20.4 Å². The van der Waals surface area contributed by atoms with Crippen LogP contribution in [-0.4, -0.2) is 4.98 Å². The monoisotopic (exact) mass is 280 g/mol. The molecule has 0 aliphatic heterocycles. The molecular formula is C18H17FN2. The van der Waals surface area contributed by atoms with Gasteiger partial charge in [-0.2, -0.15) is 0 Å². The second-order valence-corrected chi connectivity index (χ2v) is 5.28. The Balaban J connectivity index is 1.87. The highest BCUT2D eigenvalue weighted by molar-refractivity contribution is 5.91. The summed E-state index contributed by atoms with van der Waals surface area (Å²) in [5.74, 6) is 0.731. The number of nitrogens with zero attached hydrogens (tertiary/aromatic N) is 1. The molecule has 0 aliphatic rings. The molecule has 1 N–H and O–H groups in total. The molecule has 0 saturated heterocycles. The van der Waals surface area contributed by atoms with Gasteiger partial charge in [-0.3, -0.25) is 0 Å². The molecule has 0 radical (unpaired) electrons. The smallest absolute Gasteiger partial charge is 0.134 e. The topological polar surface area (TPSA) is 24.9 Å². The van der Waals surface area contributed by atoms with Crippen molar-refractivity contribution < 1.29 is 4.39 Å². The first-order valence-electron chi connectivity index (χ1n) is 6.98. The predicted molar refractivity (Wildman–Crippen MR) is 84.9 cm³/mol. The van der Waals surface area contributed by atoms with Crippen molar-refractivity contribution in [2.24, 2.45) is 0 Å². The SMILES string of the molecule is Cc1cc(CNc2nccc3ccccc23)cc(C)c1F. The summed E-state index contributed by atoms with van der Waals surface area (Å²) in [6, 6.07) is 13.9. The van der Waals surface area contributed by atoms with Gasteiger partial charge in [-0.05, 0) is 42.0 Å². The Hall–Kier alpha value is -2.42. The molecule has 2 nitrogen and oxygen atoms in total. The van der Waals surface area contributed by atoms with Gasteiger partial charge in [-0.1, -0.05) is 36.4 Å². The average Bonchev–Trinajstić information content (AvgIpc) is 2.50. The second kappa shape index (κ2) is 5.52. The maximum Gasteiger partial charge on any atom is 0.134 e. The van der Waals surface area contributed by atoms with E-state index in [0.29, 0.717) is 17.7 Å². The number of aryl methyl sites for hydroxylation is 2. The molecule has 2 aromatic carbocycles. The Kier molecular flexibility index (Phi) is 3.57. The number of rotatable bonds is 3. The third-order valence-corrected chi connectivity index (χ3v) is 3.63. The van der Waals surface area contributed by atoms with Crippen molar-refractivity contribution >= 4 is 16.6 Å². The lowest BCUT2D eigenvalue weighted by Gasteiger charge is -2.10. The third kappa shape index (κ3) is 2.72. The lowest BCUT2D eigenvalue weighted by atomic mass is 10.1. The van der Waals surface area contributed by atoms with Crippen LogP contribution in [-0.2, 0) is 6.54 Å². The largest absolute Gasteiger partial charge is 0.365 e. The Morgan fingerprint density at radius 3 is 2.52 bits per heavy atom. The van der Waals surface area contributed by atoms with Crippen LogP contribution in [0.4, 0.5) is 10.2 Å². The van der Waals surface area contributed by atoms with Gasteiger partial charge in [0.15, 0.2) is 0 Å². The minimum Gasteiger partial charge on any atom is -0.365 e. The number of aromatic nitrogens is 1. The first-order valence-corrected chi connectivity index (χ1v) is 6.98. The van der Waals surface area contributed by atoms with E-state index in [2.05, 4.69) is 16.4 Å². The quantitative estimate of drug-likeness (QED) is 0.758. The highest BCUT2D eigenvalue weighted by Crippen LogP contribution is 2.21. The third-order valence-electron chi connectivity index (χ3n) is 3.63. The summed E-state index contributed by atoms with van der Waals surface area (Å²) >= 11 is 0. The van der Waals surface area contributed by atoms with Crippen molar-refractivity contribution in [3.8, 4) is 0 Å². The summed E-state index contributed by atoms with van der Waals surface area (Å²) < 4.78 is 13.6. The van der Waals surface area contributed by atoms with Crippen LogP contribution in [0.2, 0.25) is 0 Å². The van der Waals surface area contributed by atoms with Gasteiger partial charge in [0.1, 0.15) is 11.6 Å². The van der Waals surface area contributed by atoms with Gasteiger partial charge in [0.05, 0.1) is 0 Å².